The number of esters is 2. The number of carbonyl (C=O) groups excluding carboxylic acids is 2. The number of hydrogen-bond donors (Lipinski definition) is 0. The van der Waals surface area contributed by atoms with E-state index < -0.39 is 30.3 Å². The van der Waals surface area contributed by atoms with Crippen molar-refractivity contribution in [1.82, 2.24) is 0 Å². The van der Waals surface area contributed by atoms with E-state index in [4.69, 9.17) is 23.7 Å². The summed E-state index contributed by atoms with van der Waals surface area (Å²) < 4.78 is 26.2. The zero-order valence-corrected chi connectivity index (χ0v) is 11.6. The molecule has 0 aromatic carbocycles. The Morgan fingerprint density at radius 2 is 1.74 bits per heavy atom. The molecule has 1 aliphatic heterocycles. The van der Waals surface area contributed by atoms with Gasteiger partial charge in [-0.1, -0.05) is 0 Å². The van der Waals surface area contributed by atoms with Gasteiger partial charge in [0.05, 0.1) is 13.2 Å². The lowest BCUT2D eigenvalue weighted by molar-refractivity contribution is -0.227. The van der Waals surface area contributed by atoms with E-state index in [1.54, 1.807) is 0 Å². The van der Waals surface area contributed by atoms with E-state index in [0.717, 1.165) is 0 Å². The molecular formula is C12H20O7. The number of rotatable bonds is 5. The highest BCUT2D eigenvalue weighted by atomic mass is 16.6. The van der Waals surface area contributed by atoms with Crippen LogP contribution in [0.4, 0.5) is 0 Å². The summed E-state index contributed by atoms with van der Waals surface area (Å²) in [6.45, 7) is 3.00. The zero-order chi connectivity index (χ0) is 14.4. The molecule has 0 N–H and O–H groups in total. The van der Waals surface area contributed by atoms with Crippen LogP contribution in [0.15, 0.2) is 0 Å². The van der Waals surface area contributed by atoms with Gasteiger partial charge in [0.25, 0.3) is 0 Å². The number of ether oxygens (including phenoxy) is 5. The number of hydrogen-bond acceptors (Lipinski definition) is 7. The molecular weight excluding hydrogens is 256 g/mol. The molecule has 0 unspecified atom stereocenters. The third-order valence-corrected chi connectivity index (χ3v) is 2.75. The van der Waals surface area contributed by atoms with Gasteiger partial charge >= 0.3 is 11.9 Å². The maximum Gasteiger partial charge on any atom is 0.303 e. The quantitative estimate of drug-likeness (QED) is 0.649. The molecule has 1 heterocycles. The highest BCUT2D eigenvalue weighted by Crippen LogP contribution is 2.23. The van der Waals surface area contributed by atoms with Gasteiger partial charge in [-0.2, -0.15) is 0 Å². The van der Waals surface area contributed by atoms with E-state index in [1.165, 1.54) is 28.1 Å². The van der Waals surface area contributed by atoms with Crippen LogP contribution in [-0.4, -0.2) is 63.8 Å². The maximum atomic E-state index is 11.2. The predicted octanol–water partition coefficient (Wildman–Crippen LogP) is -0.0900. The minimum atomic E-state index is -0.708. The van der Waals surface area contributed by atoms with E-state index in [-0.39, 0.29) is 12.7 Å². The summed E-state index contributed by atoms with van der Waals surface area (Å²) in [5, 5.41) is 0. The van der Waals surface area contributed by atoms with E-state index in [1.807, 2.05) is 0 Å². The monoisotopic (exact) mass is 276 g/mol. The molecule has 0 aromatic rings. The summed E-state index contributed by atoms with van der Waals surface area (Å²) in [5.41, 5.74) is 0. The Morgan fingerprint density at radius 1 is 1.11 bits per heavy atom. The van der Waals surface area contributed by atoms with Gasteiger partial charge in [0, 0.05) is 28.1 Å². The van der Waals surface area contributed by atoms with Crippen molar-refractivity contribution in [2.45, 2.75) is 38.3 Å². The molecule has 0 radical (unpaired) electrons. The maximum absolute atomic E-state index is 11.2. The first-order valence-corrected chi connectivity index (χ1v) is 5.97. The van der Waals surface area contributed by atoms with Crippen molar-refractivity contribution in [1.29, 1.82) is 0 Å². The first-order valence-electron chi connectivity index (χ1n) is 5.97. The van der Waals surface area contributed by atoms with E-state index in [2.05, 4.69) is 0 Å². The van der Waals surface area contributed by atoms with Crippen molar-refractivity contribution >= 4 is 11.9 Å². The van der Waals surface area contributed by atoms with Gasteiger partial charge < -0.3 is 23.7 Å². The van der Waals surface area contributed by atoms with Gasteiger partial charge in [-0.15, -0.1) is 0 Å². The topological polar surface area (TPSA) is 80.3 Å². The molecule has 4 atom stereocenters. The van der Waals surface area contributed by atoms with Crippen LogP contribution in [0, 0.1) is 0 Å². The number of methoxy groups -OCH3 is 2. The molecule has 0 saturated carbocycles. The van der Waals surface area contributed by atoms with E-state index in [0.29, 0.717) is 6.61 Å². The molecule has 1 aliphatic rings. The summed E-state index contributed by atoms with van der Waals surface area (Å²) in [6.07, 6.45) is -2.33. The van der Waals surface area contributed by atoms with Crippen LogP contribution in [-0.2, 0) is 33.3 Å². The van der Waals surface area contributed by atoms with Gasteiger partial charge in [0.1, 0.15) is 12.2 Å². The molecule has 1 saturated heterocycles. The van der Waals surface area contributed by atoms with Crippen LogP contribution >= 0.6 is 0 Å². The van der Waals surface area contributed by atoms with Crippen molar-refractivity contribution in [2.75, 3.05) is 27.4 Å². The lowest BCUT2D eigenvalue weighted by atomic mass is 9.99. The average molecular weight is 276 g/mol. The molecule has 1 fully saturated rings. The molecule has 0 amide bonds. The summed E-state index contributed by atoms with van der Waals surface area (Å²) >= 11 is 0. The largest absolute Gasteiger partial charge is 0.456 e. The Morgan fingerprint density at radius 3 is 2.21 bits per heavy atom. The van der Waals surface area contributed by atoms with Crippen LogP contribution in [0.5, 0.6) is 0 Å². The SMILES string of the molecule is COC[C@H]1OC[C@@H](OC(C)=O)[C@H](OC(C)=O)[C@H]1OC. The zero-order valence-electron chi connectivity index (χ0n) is 11.6. The van der Waals surface area contributed by atoms with Gasteiger partial charge in [-0.25, -0.2) is 0 Å². The standard InChI is InChI=1S/C12H20O7/c1-7(13)18-10-6-17-9(5-15-3)11(16-4)12(10)19-8(2)14/h9-12H,5-6H2,1-4H3/t9-,10-,11+,12+/m1/s1. The lowest BCUT2D eigenvalue weighted by Crippen LogP contribution is -2.57. The second-order valence-electron chi connectivity index (χ2n) is 4.25. The van der Waals surface area contributed by atoms with Crippen molar-refractivity contribution in [3.63, 3.8) is 0 Å². The highest BCUT2D eigenvalue weighted by molar-refractivity contribution is 5.67. The Balaban J connectivity index is 2.84. The molecule has 0 spiro atoms. The van der Waals surface area contributed by atoms with Gasteiger partial charge in [0.2, 0.25) is 0 Å². The first-order chi connectivity index (χ1) is 8.99. The lowest BCUT2D eigenvalue weighted by Gasteiger charge is -2.40. The molecule has 0 aliphatic carbocycles. The third kappa shape index (κ3) is 4.45. The smallest absolute Gasteiger partial charge is 0.303 e. The molecule has 110 valence electrons. The highest BCUT2D eigenvalue weighted by Gasteiger charge is 2.44. The summed E-state index contributed by atoms with van der Waals surface area (Å²) in [6, 6.07) is 0. The minimum absolute atomic E-state index is 0.130. The summed E-state index contributed by atoms with van der Waals surface area (Å²) in [5.74, 6) is -0.937. The second-order valence-corrected chi connectivity index (χ2v) is 4.25. The third-order valence-electron chi connectivity index (χ3n) is 2.75. The van der Waals surface area contributed by atoms with E-state index >= 15 is 0 Å². The van der Waals surface area contributed by atoms with Crippen molar-refractivity contribution in [3.8, 4) is 0 Å². The van der Waals surface area contributed by atoms with Crippen molar-refractivity contribution in [2.24, 2.45) is 0 Å². The van der Waals surface area contributed by atoms with Crippen molar-refractivity contribution in [3.05, 3.63) is 0 Å². The van der Waals surface area contributed by atoms with Crippen LogP contribution in [0.2, 0.25) is 0 Å². The Bertz CT molecular complexity index is 317. The second kappa shape index (κ2) is 7.42. The fourth-order valence-corrected chi connectivity index (χ4v) is 2.07. The molecule has 0 aromatic heterocycles. The van der Waals surface area contributed by atoms with Gasteiger partial charge in [-0.3, -0.25) is 9.59 Å². The summed E-state index contributed by atoms with van der Waals surface area (Å²) in [4.78, 5) is 22.2. The Hall–Kier alpha value is -1.18. The molecule has 0 bridgehead atoms. The summed E-state index contributed by atoms with van der Waals surface area (Å²) in [7, 11) is 3.01. The fourth-order valence-electron chi connectivity index (χ4n) is 2.07. The normalized spacial score (nSPS) is 30.7. The molecule has 1 rings (SSSR count). The number of carbonyl (C=O) groups is 2. The van der Waals surface area contributed by atoms with Crippen LogP contribution in [0.25, 0.3) is 0 Å². The molecule has 7 nitrogen and oxygen atoms in total. The van der Waals surface area contributed by atoms with Crippen LogP contribution in [0.1, 0.15) is 13.8 Å². The Kier molecular flexibility index (Phi) is 6.20. The van der Waals surface area contributed by atoms with Crippen LogP contribution in [0.3, 0.4) is 0 Å². The first kappa shape index (κ1) is 15.9. The fraction of sp³-hybridized carbons (Fsp3) is 0.833. The molecule has 19 heavy (non-hydrogen) atoms. The minimum Gasteiger partial charge on any atom is -0.456 e. The van der Waals surface area contributed by atoms with Gasteiger partial charge in [0.15, 0.2) is 12.2 Å². The van der Waals surface area contributed by atoms with Crippen LogP contribution < -0.4 is 0 Å². The van der Waals surface area contributed by atoms with E-state index in [9.17, 15) is 9.59 Å². The molecule has 7 heteroatoms. The predicted molar refractivity (Wildman–Crippen MR) is 63.5 cm³/mol. The average Bonchev–Trinajstić information content (AvgIpc) is 2.32. The van der Waals surface area contributed by atoms with Gasteiger partial charge in [-0.05, 0) is 0 Å². The Labute approximate surface area is 112 Å². The van der Waals surface area contributed by atoms with Crippen molar-refractivity contribution < 1.29 is 33.3 Å².